The van der Waals surface area contributed by atoms with E-state index >= 15 is 0 Å². The monoisotopic (exact) mass is 297 g/mol. The zero-order valence-electron chi connectivity index (χ0n) is 7.55. The van der Waals surface area contributed by atoms with E-state index in [1.807, 2.05) is 0 Å². The highest BCUT2D eigenvalue weighted by molar-refractivity contribution is 5.01. The molecule has 0 saturated carbocycles. The molecule has 0 aromatic carbocycles. The van der Waals surface area contributed by atoms with E-state index in [9.17, 15) is 48.3 Å². The van der Waals surface area contributed by atoms with Crippen LogP contribution in [-0.4, -0.2) is 35.4 Å². The first-order valence-electron chi connectivity index (χ1n) is 3.70. The summed E-state index contributed by atoms with van der Waals surface area (Å²) in [5, 5.41) is 0.508. The second kappa shape index (κ2) is 3.37. The van der Waals surface area contributed by atoms with Gasteiger partial charge in [-0.3, -0.25) is 0 Å². The third-order valence-electron chi connectivity index (χ3n) is 1.82. The molecular weight excluding hydrogens is 297 g/mol. The van der Waals surface area contributed by atoms with Gasteiger partial charge in [-0.15, -0.1) is 0 Å². The second-order valence-corrected chi connectivity index (χ2v) is 3.08. The fourth-order valence-electron chi connectivity index (χ4n) is 1.07. The van der Waals surface area contributed by atoms with Crippen LogP contribution >= 0.6 is 0 Å². The normalized spacial score (nSPS) is 30.2. The predicted molar refractivity (Wildman–Crippen MR) is 29.8 cm³/mol. The first-order chi connectivity index (χ1) is 7.57. The molecule has 107 valence electrons. The molecule has 1 aliphatic rings. The molecule has 0 bridgehead atoms. The molecule has 0 aromatic heterocycles. The summed E-state index contributed by atoms with van der Waals surface area (Å²) in [5.41, 5.74) is 0. The van der Waals surface area contributed by atoms with E-state index in [1.54, 1.807) is 0 Å². The summed E-state index contributed by atoms with van der Waals surface area (Å²) >= 11 is 0. The van der Waals surface area contributed by atoms with Crippen molar-refractivity contribution in [3.8, 4) is 0 Å². The maximum Gasteiger partial charge on any atom is 0.469 e. The van der Waals surface area contributed by atoms with Crippen molar-refractivity contribution in [2.75, 3.05) is 0 Å². The molecule has 0 aromatic rings. The van der Waals surface area contributed by atoms with E-state index in [0.717, 1.165) is 0 Å². The highest BCUT2D eigenvalue weighted by Gasteiger charge is 2.86. The molecule has 0 spiro atoms. The molecular formula is C5F11N2. The Balaban J connectivity index is 3.48. The molecule has 2 nitrogen and oxygen atoms in total. The number of nitrogens with zero attached hydrogens (tertiary/aromatic N) is 2. The maximum absolute atomic E-state index is 12.5. The molecule has 0 unspecified atom stereocenters. The predicted octanol–water partition coefficient (Wildman–Crippen LogP) is 2.80. The van der Waals surface area contributed by atoms with Crippen LogP contribution in [0.1, 0.15) is 0 Å². The van der Waals surface area contributed by atoms with Gasteiger partial charge in [-0.2, -0.15) is 48.3 Å². The minimum Gasteiger partial charge on any atom is -0.179 e. The smallest absolute Gasteiger partial charge is 0.179 e. The topological polar surface area (TPSA) is 17.3 Å². The number of hydrogen-bond acceptors (Lipinski definition) is 1. The van der Waals surface area contributed by atoms with Crippen molar-refractivity contribution in [1.82, 2.24) is 10.2 Å². The zero-order chi connectivity index (χ0) is 14.8. The molecule has 0 aliphatic carbocycles. The van der Waals surface area contributed by atoms with Gasteiger partial charge in [0.15, 0.2) is 0 Å². The largest absolute Gasteiger partial charge is 0.469 e. The zero-order valence-corrected chi connectivity index (χ0v) is 7.55. The molecule has 0 N–H and O–H groups in total. The molecule has 1 rings (SSSR count). The van der Waals surface area contributed by atoms with Crippen LogP contribution in [-0.2, 0) is 0 Å². The highest BCUT2D eigenvalue weighted by atomic mass is 19.4. The van der Waals surface area contributed by atoms with Crippen molar-refractivity contribution >= 4 is 0 Å². The molecule has 0 atom stereocenters. The van der Waals surface area contributed by atoms with Gasteiger partial charge in [0.25, 0.3) is 0 Å². The van der Waals surface area contributed by atoms with Gasteiger partial charge in [-0.05, 0) is 0 Å². The Hall–Kier alpha value is -0.850. The first kappa shape index (κ1) is 15.2. The van der Waals surface area contributed by atoms with Crippen LogP contribution in [0, 0.1) is 0 Å². The van der Waals surface area contributed by atoms with Crippen LogP contribution in [0.5, 0.6) is 0 Å². The highest BCUT2D eigenvalue weighted by Crippen LogP contribution is 2.56. The van der Waals surface area contributed by atoms with Gasteiger partial charge in [0.2, 0.25) is 0 Å². The van der Waals surface area contributed by atoms with Crippen LogP contribution in [0.2, 0.25) is 0 Å². The van der Waals surface area contributed by atoms with Gasteiger partial charge in [0.1, 0.15) is 0 Å². The lowest BCUT2D eigenvalue weighted by Gasteiger charge is -2.47. The Morgan fingerprint density at radius 3 is 1.17 bits per heavy atom. The molecule has 0 amide bonds. The van der Waals surface area contributed by atoms with Crippen molar-refractivity contribution < 1.29 is 48.3 Å². The lowest BCUT2D eigenvalue weighted by Crippen LogP contribution is -2.80. The Morgan fingerprint density at radius 2 is 0.944 bits per heavy atom. The summed E-state index contributed by atoms with van der Waals surface area (Å²) in [7, 11) is 0. The van der Waals surface area contributed by atoms with Gasteiger partial charge in [-0.25, -0.2) is 0 Å². The number of halogens is 11. The second-order valence-electron chi connectivity index (χ2n) is 3.08. The number of piperazine rings is 1. The van der Waals surface area contributed by atoms with Gasteiger partial charge in [0.05, 0.1) is 0 Å². The lowest BCUT2D eigenvalue weighted by molar-refractivity contribution is -0.514. The summed E-state index contributed by atoms with van der Waals surface area (Å²) in [5.74, 6) is 0. The number of hydrogen-bond donors (Lipinski definition) is 0. The number of rotatable bonds is 0. The Bertz CT molecular complexity index is 318. The summed E-state index contributed by atoms with van der Waals surface area (Å²) in [6, 6.07) is -26.0. The van der Waals surface area contributed by atoms with E-state index in [0.29, 0.717) is 5.32 Å². The molecule has 13 heteroatoms. The molecule has 1 radical (unpaired) electrons. The van der Waals surface area contributed by atoms with E-state index in [1.165, 1.54) is 0 Å². The maximum atomic E-state index is 12.5. The standard InChI is InChI=1S/C5F11N2/c6-1(7)3(10,11)18(5(14,15)16)4(12,13)2(8,9)17-1. The van der Waals surface area contributed by atoms with Crippen LogP contribution < -0.4 is 5.32 Å². The minimum absolute atomic E-state index is 0.508. The third kappa shape index (κ3) is 1.79. The molecule has 1 saturated heterocycles. The fraction of sp³-hybridized carbons (Fsp3) is 1.00. The average Bonchev–Trinajstić information content (AvgIpc) is 1.93. The van der Waals surface area contributed by atoms with Crippen LogP contribution in [0.3, 0.4) is 0 Å². The average molecular weight is 297 g/mol. The molecule has 1 aliphatic heterocycles. The Kier molecular flexibility index (Phi) is 2.85. The van der Waals surface area contributed by atoms with Gasteiger partial charge in [0, 0.05) is 0 Å². The molecule has 1 heterocycles. The van der Waals surface area contributed by atoms with Crippen LogP contribution in [0.15, 0.2) is 0 Å². The van der Waals surface area contributed by atoms with Crippen molar-refractivity contribution in [3.63, 3.8) is 0 Å². The fourth-order valence-corrected chi connectivity index (χ4v) is 1.07. The SMILES string of the molecule is FC(F)(F)N1C(F)(F)C(F)(F)[N]C(F)(F)C1(F)F. The van der Waals surface area contributed by atoms with Crippen molar-refractivity contribution in [1.29, 1.82) is 0 Å². The first-order valence-corrected chi connectivity index (χ1v) is 3.70. The van der Waals surface area contributed by atoms with E-state index in [2.05, 4.69) is 0 Å². The van der Waals surface area contributed by atoms with E-state index in [-0.39, 0.29) is 0 Å². The van der Waals surface area contributed by atoms with E-state index in [4.69, 9.17) is 0 Å². The molecule has 1 fully saturated rings. The van der Waals surface area contributed by atoms with Crippen molar-refractivity contribution in [2.24, 2.45) is 0 Å². The summed E-state index contributed by atoms with van der Waals surface area (Å²) in [6.45, 7) is 0. The van der Waals surface area contributed by atoms with Crippen LogP contribution in [0.4, 0.5) is 48.3 Å². The quantitative estimate of drug-likeness (QED) is 0.496. The Morgan fingerprint density at radius 1 is 0.667 bits per heavy atom. The van der Waals surface area contributed by atoms with Crippen LogP contribution in [0.25, 0.3) is 0 Å². The van der Waals surface area contributed by atoms with Gasteiger partial charge >= 0.3 is 30.5 Å². The van der Waals surface area contributed by atoms with Gasteiger partial charge in [-0.1, -0.05) is 10.2 Å². The minimum atomic E-state index is -6.84. The number of alkyl halides is 11. The summed E-state index contributed by atoms with van der Waals surface area (Å²) in [4.78, 5) is -3.50. The molecule has 18 heavy (non-hydrogen) atoms. The summed E-state index contributed by atoms with van der Waals surface area (Å²) < 4.78 is 135. The summed E-state index contributed by atoms with van der Waals surface area (Å²) in [6.07, 6.45) is -6.84. The lowest BCUT2D eigenvalue weighted by atomic mass is 10.2. The Labute approximate surface area is 90.3 Å². The third-order valence-corrected chi connectivity index (χ3v) is 1.82. The van der Waals surface area contributed by atoms with Crippen molar-refractivity contribution in [2.45, 2.75) is 30.5 Å². The van der Waals surface area contributed by atoms with Crippen molar-refractivity contribution in [3.05, 3.63) is 0 Å². The van der Waals surface area contributed by atoms with Gasteiger partial charge < -0.3 is 0 Å². The van der Waals surface area contributed by atoms with E-state index < -0.39 is 35.4 Å².